The summed E-state index contributed by atoms with van der Waals surface area (Å²) in [6.45, 7) is 7.54. The zero-order chi connectivity index (χ0) is 17.6. The van der Waals surface area contributed by atoms with Crippen LogP contribution in [-0.4, -0.2) is 49.6 Å². The van der Waals surface area contributed by atoms with Crippen LogP contribution in [0.2, 0.25) is 0 Å². The molecule has 1 N–H and O–H groups in total. The second kappa shape index (κ2) is 8.41. The Kier molecular flexibility index (Phi) is 6.88. The molecule has 1 aromatic carbocycles. The molecule has 0 saturated carbocycles. The van der Waals surface area contributed by atoms with E-state index < -0.39 is 0 Å². The smallest absolute Gasteiger partial charge is 0.258 e. The van der Waals surface area contributed by atoms with Crippen LogP contribution >= 0.6 is 0 Å². The number of ether oxygens (including phenoxy) is 2. The van der Waals surface area contributed by atoms with Gasteiger partial charge < -0.3 is 19.7 Å². The molecule has 6 nitrogen and oxygen atoms in total. The van der Waals surface area contributed by atoms with Gasteiger partial charge in [0.1, 0.15) is 0 Å². The van der Waals surface area contributed by atoms with E-state index in [9.17, 15) is 9.59 Å². The summed E-state index contributed by atoms with van der Waals surface area (Å²) in [6.07, 6.45) is 0. The van der Waals surface area contributed by atoms with Gasteiger partial charge >= 0.3 is 0 Å². The molecular weight excluding hydrogens is 296 g/mol. The molecule has 6 heteroatoms. The Morgan fingerprint density at radius 1 is 1.17 bits per heavy atom. The van der Waals surface area contributed by atoms with Gasteiger partial charge in [0.15, 0.2) is 18.1 Å². The van der Waals surface area contributed by atoms with E-state index >= 15 is 0 Å². The number of carbonyl (C=O) groups excluding carboxylic acids is 2. The molecule has 0 radical (unpaired) electrons. The molecule has 0 aliphatic carbocycles. The number of benzene rings is 1. The number of methoxy groups -OCH3 is 1. The van der Waals surface area contributed by atoms with Crippen LogP contribution in [0.3, 0.4) is 0 Å². The molecule has 2 amide bonds. The summed E-state index contributed by atoms with van der Waals surface area (Å²) in [4.78, 5) is 25.6. The van der Waals surface area contributed by atoms with Crippen LogP contribution in [0.15, 0.2) is 18.2 Å². The van der Waals surface area contributed by atoms with Gasteiger partial charge in [-0.15, -0.1) is 0 Å². The normalized spacial score (nSPS) is 10.6. The van der Waals surface area contributed by atoms with Gasteiger partial charge in [-0.3, -0.25) is 9.59 Å². The number of hydrogen-bond donors (Lipinski definition) is 1. The molecule has 0 aliphatic rings. The lowest BCUT2D eigenvalue weighted by Crippen LogP contribution is -2.34. The number of nitrogens with zero attached hydrogens (tertiary/aromatic N) is 1. The average Bonchev–Trinajstić information content (AvgIpc) is 2.50. The van der Waals surface area contributed by atoms with Gasteiger partial charge in [0, 0.05) is 24.7 Å². The quantitative estimate of drug-likeness (QED) is 0.834. The largest absolute Gasteiger partial charge is 0.493 e. The van der Waals surface area contributed by atoms with Crippen molar-refractivity contribution in [3.8, 4) is 11.5 Å². The molecular formula is C17H26N2O4. The van der Waals surface area contributed by atoms with Gasteiger partial charge in [0.25, 0.3) is 11.8 Å². The van der Waals surface area contributed by atoms with Crippen LogP contribution in [0, 0.1) is 0 Å². The number of hydrogen-bond acceptors (Lipinski definition) is 4. The molecule has 23 heavy (non-hydrogen) atoms. The van der Waals surface area contributed by atoms with E-state index in [1.807, 2.05) is 27.7 Å². The first-order valence-corrected chi connectivity index (χ1v) is 7.63. The van der Waals surface area contributed by atoms with Crippen molar-refractivity contribution in [3.05, 3.63) is 23.8 Å². The maximum absolute atomic E-state index is 12.3. The molecule has 1 rings (SSSR count). The van der Waals surface area contributed by atoms with Crippen molar-refractivity contribution in [2.45, 2.75) is 39.8 Å². The predicted molar refractivity (Wildman–Crippen MR) is 89.0 cm³/mol. The van der Waals surface area contributed by atoms with Gasteiger partial charge in [0.05, 0.1) is 7.11 Å². The van der Waals surface area contributed by atoms with E-state index in [0.717, 1.165) is 0 Å². The lowest BCUT2D eigenvalue weighted by Gasteiger charge is -2.22. The summed E-state index contributed by atoms with van der Waals surface area (Å²) in [5, 5.41) is 2.74. The molecule has 0 fully saturated rings. The fraction of sp³-hybridized carbons (Fsp3) is 0.529. The summed E-state index contributed by atoms with van der Waals surface area (Å²) >= 11 is 0. The van der Waals surface area contributed by atoms with E-state index in [4.69, 9.17) is 9.47 Å². The van der Waals surface area contributed by atoms with Crippen LogP contribution in [0.25, 0.3) is 0 Å². The number of amides is 2. The maximum Gasteiger partial charge on any atom is 0.258 e. The highest BCUT2D eigenvalue weighted by Crippen LogP contribution is 2.28. The molecule has 0 bridgehead atoms. The summed E-state index contributed by atoms with van der Waals surface area (Å²) in [5.74, 6) is 0.546. The fourth-order valence-electron chi connectivity index (χ4n) is 1.86. The molecule has 0 atom stereocenters. The average molecular weight is 322 g/mol. The predicted octanol–water partition coefficient (Wildman–Crippen LogP) is 2.08. The second-order valence-corrected chi connectivity index (χ2v) is 5.89. The molecule has 128 valence electrons. The van der Waals surface area contributed by atoms with Crippen LogP contribution in [0.1, 0.15) is 38.1 Å². The van der Waals surface area contributed by atoms with Crippen LogP contribution < -0.4 is 14.8 Å². The minimum atomic E-state index is -0.207. The van der Waals surface area contributed by atoms with Crippen molar-refractivity contribution < 1.29 is 19.1 Å². The number of carbonyl (C=O) groups is 2. The van der Waals surface area contributed by atoms with Crippen molar-refractivity contribution in [1.82, 2.24) is 10.2 Å². The molecule has 0 aliphatic heterocycles. The van der Waals surface area contributed by atoms with Crippen LogP contribution in [-0.2, 0) is 4.79 Å². The van der Waals surface area contributed by atoms with Gasteiger partial charge in [-0.1, -0.05) is 0 Å². The van der Waals surface area contributed by atoms with Crippen LogP contribution in [0.4, 0.5) is 0 Å². The summed E-state index contributed by atoms with van der Waals surface area (Å²) < 4.78 is 10.7. The molecule has 1 aromatic rings. The minimum Gasteiger partial charge on any atom is -0.493 e. The van der Waals surface area contributed by atoms with E-state index in [1.165, 1.54) is 7.11 Å². The number of nitrogens with one attached hydrogen (secondary N) is 1. The van der Waals surface area contributed by atoms with Gasteiger partial charge in [-0.2, -0.15) is 0 Å². The lowest BCUT2D eigenvalue weighted by atomic mass is 10.1. The second-order valence-electron chi connectivity index (χ2n) is 5.89. The molecule has 0 aromatic heterocycles. The summed E-state index contributed by atoms with van der Waals surface area (Å²) in [6, 6.07) is 5.09. The molecule has 0 heterocycles. The third kappa shape index (κ3) is 5.47. The highest BCUT2D eigenvalue weighted by Gasteiger charge is 2.17. The molecule has 0 unspecified atom stereocenters. The van der Waals surface area contributed by atoms with Crippen LogP contribution in [0.5, 0.6) is 11.5 Å². The first-order chi connectivity index (χ1) is 10.8. The maximum atomic E-state index is 12.3. The van der Waals surface area contributed by atoms with Crippen molar-refractivity contribution >= 4 is 11.8 Å². The Morgan fingerprint density at radius 2 is 1.83 bits per heavy atom. The first-order valence-electron chi connectivity index (χ1n) is 7.63. The lowest BCUT2D eigenvalue weighted by molar-refractivity contribution is -0.123. The van der Waals surface area contributed by atoms with Crippen molar-refractivity contribution in [2.24, 2.45) is 0 Å². The zero-order valence-corrected chi connectivity index (χ0v) is 14.7. The van der Waals surface area contributed by atoms with E-state index in [-0.39, 0.29) is 30.5 Å². The Bertz CT molecular complexity index is 556. The Morgan fingerprint density at radius 3 is 2.35 bits per heavy atom. The van der Waals surface area contributed by atoms with E-state index in [0.29, 0.717) is 17.1 Å². The third-order valence-corrected chi connectivity index (χ3v) is 3.31. The third-order valence-electron chi connectivity index (χ3n) is 3.31. The Hall–Kier alpha value is -2.24. The highest BCUT2D eigenvalue weighted by atomic mass is 16.5. The fourth-order valence-corrected chi connectivity index (χ4v) is 1.86. The molecule has 0 spiro atoms. The van der Waals surface area contributed by atoms with Crippen molar-refractivity contribution in [1.29, 1.82) is 0 Å². The SMILES string of the molecule is COc1cc(C(=O)N(C)C(C)C)ccc1OCC(=O)NC(C)C. The summed E-state index contributed by atoms with van der Waals surface area (Å²) in [5.41, 5.74) is 0.511. The van der Waals surface area contributed by atoms with Crippen molar-refractivity contribution in [2.75, 3.05) is 20.8 Å². The van der Waals surface area contributed by atoms with E-state index in [2.05, 4.69) is 5.32 Å². The minimum absolute atomic E-state index is 0.0552. The number of rotatable bonds is 7. The summed E-state index contributed by atoms with van der Waals surface area (Å²) in [7, 11) is 3.25. The molecule has 0 saturated heterocycles. The standard InChI is InChI=1S/C17H26N2O4/c1-11(2)18-16(20)10-23-14-8-7-13(9-15(14)22-6)17(21)19(5)12(3)4/h7-9,11-12H,10H2,1-6H3,(H,18,20). The Balaban J connectivity index is 2.84. The van der Waals surface area contributed by atoms with Gasteiger partial charge in [-0.25, -0.2) is 0 Å². The van der Waals surface area contributed by atoms with Gasteiger partial charge in [-0.05, 0) is 45.9 Å². The topological polar surface area (TPSA) is 67.9 Å². The Labute approximate surface area is 137 Å². The van der Waals surface area contributed by atoms with Crippen molar-refractivity contribution in [3.63, 3.8) is 0 Å². The monoisotopic (exact) mass is 322 g/mol. The highest BCUT2D eigenvalue weighted by molar-refractivity contribution is 5.95. The zero-order valence-electron chi connectivity index (χ0n) is 14.7. The van der Waals surface area contributed by atoms with Gasteiger partial charge in [0.2, 0.25) is 0 Å². The first kappa shape index (κ1) is 18.8. The van der Waals surface area contributed by atoms with E-state index in [1.54, 1.807) is 30.1 Å².